The van der Waals surface area contributed by atoms with Gasteiger partial charge in [-0.05, 0) is 42.5 Å². The van der Waals surface area contributed by atoms with Crippen LogP contribution in [-0.2, 0) is 11.8 Å². The van der Waals surface area contributed by atoms with E-state index in [1.54, 1.807) is 24.5 Å². The lowest BCUT2D eigenvalue weighted by atomic mass is 9.92. The van der Waals surface area contributed by atoms with Crippen molar-refractivity contribution in [2.75, 3.05) is 26.7 Å². The zero-order chi connectivity index (χ0) is 19.0. The maximum atomic E-state index is 9.67. The number of thiophene rings is 1. The van der Waals surface area contributed by atoms with E-state index in [9.17, 15) is 5.11 Å². The maximum Gasteiger partial charge on any atom is 0.191 e. The number of hydrogen-bond acceptors (Lipinski definition) is 4. The zero-order valence-electron chi connectivity index (χ0n) is 16.4. The van der Waals surface area contributed by atoms with Crippen LogP contribution in [0.25, 0.3) is 0 Å². The summed E-state index contributed by atoms with van der Waals surface area (Å²) in [5, 5.41) is 18.5. The van der Waals surface area contributed by atoms with Gasteiger partial charge in [0.15, 0.2) is 17.5 Å². The van der Waals surface area contributed by atoms with Gasteiger partial charge in [0.1, 0.15) is 0 Å². The number of halogens is 1. The summed E-state index contributed by atoms with van der Waals surface area (Å²) in [7, 11) is 1.56. The molecule has 0 fully saturated rings. The van der Waals surface area contributed by atoms with Gasteiger partial charge >= 0.3 is 0 Å². The second-order valence-electron chi connectivity index (χ2n) is 6.74. The lowest BCUT2D eigenvalue weighted by Crippen LogP contribution is -2.39. The molecule has 2 aromatic rings. The highest BCUT2D eigenvalue weighted by Crippen LogP contribution is 2.28. The first-order valence-corrected chi connectivity index (χ1v) is 9.76. The van der Waals surface area contributed by atoms with Gasteiger partial charge in [0.25, 0.3) is 0 Å². The second-order valence-corrected chi connectivity index (χ2v) is 7.69. The molecule has 0 amide bonds. The van der Waals surface area contributed by atoms with Crippen molar-refractivity contribution in [2.45, 2.75) is 32.6 Å². The number of methoxy groups -OCH3 is 1. The lowest BCUT2D eigenvalue weighted by Gasteiger charge is -2.22. The zero-order valence-corrected chi connectivity index (χ0v) is 19.6. The summed E-state index contributed by atoms with van der Waals surface area (Å²) in [4.78, 5) is 6.10. The average Bonchev–Trinajstić information content (AvgIpc) is 3.17. The Morgan fingerprint density at radius 1 is 1.26 bits per heavy atom. The van der Waals surface area contributed by atoms with Crippen LogP contribution in [0, 0.1) is 0 Å². The van der Waals surface area contributed by atoms with Crippen LogP contribution in [-0.4, -0.2) is 37.8 Å². The molecule has 5 nitrogen and oxygen atoms in total. The van der Waals surface area contributed by atoms with Gasteiger partial charge < -0.3 is 20.5 Å². The molecule has 150 valence electrons. The number of nitrogens with one attached hydrogen (secondary N) is 2. The number of hydrogen-bond donors (Lipinski definition) is 3. The van der Waals surface area contributed by atoms with E-state index in [1.165, 1.54) is 4.88 Å². The second kappa shape index (κ2) is 11.4. The summed E-state index contributed by atoms with van der Waals surface area (Å²) < 4.78 is 5.16. The number of benzene rings is 1. The summed E-state index contributed by atoms with van der Waals surface area (Å²) in [5.41, 5.74) is 1.11. The number of nitrogens with zero attached hydrogens (tertiary/aromatic N) is 1. The molecule has 0 atom stereocenters. The minimum Gasteiger partial charge on any atom is -0.504 e. The molecule has 2 rings (SSSR count). The molecule has 27 heavy (non-hydrogen) atoms. The van der Waals surface area contributed by atoms with Crippen molar-refractivity contribution >= 4 is 41.3 Å². The van der Waals surface area contributed by atoms with Gasteiger partial charge in [-0.3, -0.25) is 4.99 Å². The molecular formula is C20H30IN3O2S. The molecule has 1 heterocycles. The van der Waals surface area contributed by atoms with Crippen molar-refractivity contribution in [2.24, 2.45) is 4.99 Å². The third kappa shape index (κ3) is 7.21. The van der Waals surface area contributed by atoms with Crippen LogP contribution in [0.3, 0.4) is 0 Å². The molecule has 1 aromatic carbocycles. The largest absolute Gasteiger partial charge is 0.504 e. The summed E-state index contributed by atoms with van der Waals surface area (Å²) >= 11 is 1.77. The van der Waals surface area contributed by atoms with Gasteiger partial charge in [0.05, 0.1) is 13.7 Å². The smallest absolute Gasteiger partial charge is 0.191 e. The van der Waals surface area contributed by atoms with Crippen molar-refractivity contribution in [1.29, 1.82) is 0 Å². The molecule has 0 saturated carbocycles. The Morgan fingerprint density at radius 2 is 2.04 bits per heavy atom. The van der Waals surface area contributed by atoms with Gasteiger partial charge in [-0.1, -0.05) is 26.0 Å². The summed E-state index contributed by atoms with van der Waals surface area (Å²) in [6.07, 6.45) is 0.815. The van der Waals surface area contributed by atoms with Crippen molar-refractivity contribution in [3.8, 4) is 11.5 Å². The molecule has 0 aliphatic rings. The standard InChI is InChI=1S/C20H29N3O2S.HI/c1-5-21-19(23-14-20(2,3)18-7-6-12-26-18)22-11-10-15-8-9-16(24)17(13-15)25-4;/h6-9,12-13,24H,5,10-11,14H2,1-4H3,(H2,21,22,23);1H. The summed E-state index contributed by atoms with van der Waals surface area (Å²) in [6.45, 7) is 8.78. The molecule has 0 bridgehead atoms. The molecule has 0 aliphatic heterocycles. The monoisotopic (exact) mass is 503 g/mol. The molecular weight excluding hydrogens is 473 g/mol. The molecule has 0 unspecified atom stereocenters. The number of phenols is 1. The van der Waals surface area contributed by atoms with Gasteiger partial charge in [0, 0.05) is 23.4 Å². The fourth-order valence-electron chi connectivity index (χ4n) is 2.56. The van der Waals surface area contributed by atoms with E-state index in [-0.39, 0.29) is 35.1 Å². The highest BCUT2D eigenvalue weighted by atomic mass is 127. The maximum absolute atomic E-state index is 9.67. The number of rotatable bonds is 8. The molecule has 0 radical (unpaired) electrons. The van der Waals surface area contributed by atoms with Gasteiger partial charge in [-0.2, -0.15) is 0 Å². The Morgan fingerprint density at radius 3 is 2.67 bits per heavy atom. The van der Waals surface area contributed by atoms with E-state index in [4.69, 9.17) is 9.73 Å². The molecule has 1 aromatic heterocycles. The average molecular weight is 503 g/mol. The Kier molecular flexibility index (Phi) is 9.93. The first kappa shape index (κ1) is 23.6. The molecule has 0 aliphatic carbocycles. The normalized spacial score (nSPS) is 11.6. The quantitative estimate of drug-likeness (QED) is 0.288. The van der Waals surface area contributed by atoms with E-state index in [0.29, 0.717) is 5.75 Å². The van der Waals surface area contributed by atoms with E-state index < -0.39 is 0 Å². The SMILES string of the molecule is CCNC(=NCC(C)(C)c1cccs1)NCCc1ccc(O)c(OC)c1.I. The van der Waals surface area contributed by atoms with Gasteiger partial charge in [-0.15, -0.1) is 35.3 Å². The summed E-state index contributed by atoms with van der Waals surface area (Å²) in [5.74, 6) is 1.48. The van der Waals surface area contributed by atoms with Crippen LogP contribution in [0.2, 0.25) is 0 Å². The van der Waals surface area contributed by atoms with E-state index >= 15 is 0 Å². The highest BCUT2D eigenvalue weighted by molar-refractivity contribution is 14.0. The van der Waals surface area contributed by atoms with E-state index in [1.807, 2.05) is 12.1 Å². The predicted octanol–water partition coefficient (Wildman–Crippen LogP) is 4.16. The van der Waals surface area contributed by atoms with Crippen molar-refractivity contribution in [3.63, 3.8) is 0 Å². The number of guanidine groups is 1. The number of aromatic hydroxyl groups is 1. The van der Waals surface area contributed by atoms with E-state index in [2.05, 4.69) is 48.9 Å². The third-order valence-electron chi connectivity index (χ3n) is 4.12. The number of phenolic OH excluding ortho intramolecular Hbond substituents is 1. The first-order valence-electron chi connectivity index (χ1n) is 8.88. The third-order valence-corrected chi connectivity index (χ3v) is 5.35. The molecule has 3 N–H and O–H groups in total. The van der Waals surface area contributed by atoms with Crippen LogP contribution >= 0.6 is 35.3 Å². The van der Waals surface area contributed by atoms with E-state index in [0.717, 1.165) is 37.6 Å². The lowest BCUT2D eigenvalue weighted by molar-refractivity contribution is 0.373. The Hall–Kier alpha value is -1.48. The van der Waals surface area contributed by atoms with Crippen molar-refractivity contribution < 1.29 is 9.84 Å². The molecule has 7 heteroatoms. The minimum atomic E-state index is 0. The topological polar surface area (TPSA) is 65.9 Å². The molecule has 0 spiro atoms. The van der Waals surface area contributed by atoms with Gasteiger partial charge in [0.2, 0.25) is 0 Å². The van der Waals surface area contributed by atoms with Crippen molar-refractivity contribution in [3.05, 3.63) is 46.2 Å². The Balaban J connectivity index is 0.00000364. The fourth-order valence-corrected chi connectivity index (χ4v) is 3.41. The van der Waals surface area contributed by atoms with Crippen LogP contribution < -0.4 is 15.4 Å². The number of aliphatic imine (C=N–C) groups is 1. The van der Waals surface area contributed by atoms with Crippen LogP contribution in [0.1, 0.15) is 31.2 Å². The fraction of sp³-hybridized carbons (Fsp3) is 0.450. The van der Waals surface area contributed by atoms with Crippen LogP contribution in [0.4, 0.5) is 0 Å². The Labute approximate surface area is 183 Å². The minimum absolute atomic E-state index is 0. The summed E-state index contributed by atoms with van der Waals surface area (Å²) in [6, 6.07) is 9.68. The van der Waals surface area contributed by atoms with Crippen LogP contribution in [0.5, 0.6) is 11.5 Å². The molecule has 0 saturated heterocycles. The highest BCUT2D eigenvalue weighted by Gasteiger charge is 2.21. The Bertz CT molecular complexity index is 718. The number of ether oxygens (including phenoxy) is 1. The predicted molar refractivity (Wildman–Crippen MR) is 125 cm³/mol. The first-order chi connectivity index (χ1) is 12.5. The van der Waals surface area contributed by atoms with Gasteiger partial charge in [-0.25, -0.2) is 0 Å². The van der Waals surface area contributed by atoms with Crippen molar-refractivity contribution in [1.82, 2.24) is 10.6 Å². The van der Waals surface area contributed by atoms with Crippen LogP contribution in [0.15, 0.2) is 40.7 Å².